The third kappa shape index (κ3) is 6.42. The molecule has 1 aromatic heterocycles. The number of aryl methyl sites for hydroxylation is 1. The van der Waals surface area contributed by atoms with Gasteiger partial charge in [0.25, 0.3) is 0 Å². The number of nitrogens with one attached hydrogen (secondary N) is 1. The average molecular weight is 414 g/mol. The Labute approximate surface area is 175 Å². The molecule has 6 nitrogen and oxygen atoms in total. The van der Waals surface area contributed by atoms with Gasteiger partial charge < -0.3 is 15.0 Å². The highest BCUT2D eigenvalue weighted by Crippen LogP contribution is 2.17. The van der Waals surface area contributed by atoms with E-state index < -0.39 is 6.04 Å². The Balaban J connectivity index is 1.50. The van der Waals surface area contributed by atoms with Gasteiger partial charge in [-0.2, -0.15) is 0 Å². The number of likely N-dealkylation sites (tertiary alicyclic amines) is 1. The first kappa shape index (κ1) is 21.0. The SMILES string of the molecule is Cc1nc(COc2cccc(C=CC(=O)N[C@@H](C)C(=O)N3CCCCC3)c2)cs1. The van der Waals surface area contributed by atoms with Crippen LogP contribution in [0.1, 0.15) is 42.5 Å². The molecule has 3 rings (SSSR count). The van der Waals surface area contributed by atoms with Crippen molar-refractivity contribution >= 4 is 29.2 Å². The molecule has 2 aromatic rings. The molecule has 1 saturated heterocycles. The second-order valence-corrected chi connectivity index (χ2v) is 8.23. The number of piperidine rings is 1. The zero-order chi connectivity index (χ0) is 20.6. The first-order valence-electron chi connectivity index (χ1n) is 9.92. The van der Waals surface area contributed by atoms with E-state index in [4.69, 9.17) is 4.74 Å². The monoisotopic (exact) mass is 413 g/mol. The summed E-state index contributed by atoms with van der Waals surface area (Å²) in [6.45, 7) is 5.67. The van der Waals surface area contributed by atoms with Crippen molar-refractivity contribution in [2.75, 3.05) is 13.1 Å². The lowest BCUT2D eigenvalue weighted by Crippen LogP contribution is -2.48. The number of ether oxygens (including phenoxy) is 1. The molecule has 0 spiro atoms. The standard InChI is InChI=1S/C22H27N3O3S/c1-16(22(27)25-11-4-3-5-12-25)23-21(26)10-9-18-7-6-8-20(13-18)28-14-19-15-29-17(2)24-19/h6-10,13,15-16H,3-5,11-12,14H2,1-2H3,(H,23,26)/t16-/m0/s1. The molecule has 7 heteroatoms. The molecule has 154 valence electrons. The summed E-state index contributed by atoms with van der Waals surface area (Å²) in [7, 11) is 0. The highest BCUT2D eigenvalue weighted by Gasteiger charge is 2.22. The van der Waals surface area contributed by atoms with Crippen molar-refractivity contribution in [2.24, 2.45) is 0 Å². The summed E-state index contributed by atoms with van der Waals surface area (Å²) in [6.07, 6.45) is 6.40. The second-order valence-electron chi connectivity index (χ2n) is 7.17. The summed E-state index contributed by atoms with van der Waals surface area (Å²) in [5.74, 6) is 0.415. The molecule has 0 saturated carbocycles. The second kappa shape index (κ2) is 10.2. The van der Waals surface area contributed by atoms with E-state index in [9.17, 15) is 9.59 Å². The smallest absolute Gasteiger partial charge is 0.244 e. The van der Waals surface area contributed by atoms with E-state index in [1.165, 1.54) is 12.5 Å². The molecule has 2 heterocycles. The Morgan fingerprint density at radius 3 is 2.83 bits per heavy atom. The van der Waals surface area contributed by atoms with Gasteiger partial charge in [0.05, 0.1) is 10.7 Å². The lowest BCUT2D eigenvalue weighted by Gasteiger charge is -2.29. The maximum absolute atomic E-state index is 12.4. The van der Waals surface area contributed by atoms with Gasteiger partial charge in [0.2, 0.25) is 11.8 Å². The van der Waals surface area contributed by atoms with Crippen LogP contribution in [0.3, 0.4) is 0 Å². The van der Waals surface area contributed by atoms with Crippen molar-refractivity contribution in [2.45, 2.75) is 45.8 Å². The van der Waals surface area contributed by atoms with Crippen molar-refractivity contribution in [3.05, 3.63) is 52.0 Å². The number of hydrogen-bond donors (Lipinski definition) is 1. The van der Waals surface area contributed by atoms with Crippen LogP contribution in [0.25, 0.3) is 6.08 Å². The fraction of sp³-hybridized carbons (Fsp3) is 0.409. The van der Waals surface area contributed by atoms with Gasteiger partial charge in [-0.25, -0.2) is 4.98 Å². The summed E-state index contributed by atoms with van der Waals surface area (Å²) in [4.78, 5) is 30.8. The number of rotatable bonds is 7. The topological polar surface area (TPSA) is 71.5 Å². The fourth-order valence-corrected chi connectivity index (χ4v) is 3.82. The molecule has 0 aliphatic carbocycles. The van der Waals surface area contributed by atoms with E-state index in [1.54, 1.807) is 24.3 Å². The molecule has 0 unspecified atom stereocenters. The van der Waals surface area contributed by atoms with E-state index in [0.29, 0.717) is 12.4 Å². The van der Waals surface area contributed by atoms with Crippen LogP contribution >= 0.6 is 11.3 Å². The Hall–Kier alpha value is -2.67. The molecule has 1 aliphatic heterocycles. The molecule has 1 N–H and O–H groups in total. The van der Waals surface area contributed by atoms with Gasteiger partial charge in [0.15, 0.2) is 0 Å². The quantitative estimate of drug-likeness (QED) is 0.705. The Kier molecular flexibility index (Phi) is 7.41. The predicted octanol–water partition coefficient (Wildman–Crippen LogP) is 3.56. The summed E-state index contributed by atoms with van der Waals surface area (Å²) >= 11 is 1.60. The number of benzene rings is 1. The Bertz CT molecular complexity index is 872. The third-order valence-electron chi connectivity index (χ3n) is 4.74. The highest BCUT2D eigenvalue weighted by atomic mass is 32.1. The molecule has 1 aliphatic rings. The minimum atomic E-state index is -0.526. The van der Waals surface area contributed by atoms with E-state index >= 15 is 0 Å². The molecule has 29 heavy (non-hydrogen) atoms. The maximum Gasteiger partial charge on any atom is 0.244 e. The van der Waals surface area contributed by atoms with Gasteiger partial charge in [-0.05, 0) is 56.9 Å². The number of nitrogens with zero attached hydrogens (tertiary/aromatic N) is 2. The molecule has 1 atom stereocenters. The molecule has 1 fully saturated rings. The van der Waals surface area contributed by atoms with Crippen molar-refractivity contribution < 1.29 is 14.3 Å². The number of amides is 2. The Morgan fingerprint density at radius 1 is 1.31 bits per heavy atom. The summed E-state index contributed by atoms with van der Waals surface area (Å²) < 4.78 is 5.78. The number of carbonyl (C=O) groups excluding carboxylic acids is 2. The molecule has 2 amide bonds. The Morgan fingerprint density at radius 2 is 2.10 bits per heavy atom. The maximum atomic E-state index is 12.4. The minimum Gasteiger partial charge on any atom is -0.487 e. The number of aromatic nitrogens is 1. The van der Waals surface area contributed by atoms with Crippen molar-refractivity contribution in [1.82, 2.24) is 15.2 Å². The summed E-state index contributed by atoms with van der Waals surface area (Å²) in [6, 6.07) is 6.98. The van der Waals surface area contributed by atoms with Crippen molar-refractivity contribution in [3.63, 3.8) is 0 Å². The van der Waals surface area contributed by atoms with Gasteiger partial charge in [-0.1, -0.05) is 12.1 Å². The molecule has 1 aromatic carbocycles. The summed E-state index contributed by atoms with van der Waals surface area (Å²) in [5, 5.41) is 5.75. The van der Waals surface area contributed by atoms with Crippen LogP contribution in [-0.2, 0) is 16.2 Å². The van der Waals surface area contributed by atoms with Gasteiger partial charge in [0.1, 0.15) is 18.4 Å². The lowest BCUT2D eigenvalue weighted by atomic mass is 10.1. The molecule has 0 radical (unpaired) electrons. The highest BCUT2D eigenvalue weighted by molar-refractivity contribution is 7.09. The number of hydrogen-bond acceptors (Lipinski definition) is 5. The summed E-state index contributed by atoms with van der Waals surface area (Å²) in [5.41, 5.74) is 1.75. The molecule has 0 bridgehead atoms. The number of thiazole rings is 1. The first-order valence-corrected chi connectivity index (χ1v) is 10.8. The predicted molar refractivity (Wildman–Crippen MR) is 115 cm³/mol. The van der Waals surface area contributed by atoms with E-state index in [2.05, 4.69) is 10.3 Å². The molecular weight excluding hydrogens is 386 g/mol. The largest absolute Gasteiger partial charge is 0.487 e. The lowest BCUT2D eigenvalue weighted by molar-refractivity contribution is -0.135. The van der Waals surface area contributed by atoms with Gasteiger partial charge >= 0.3 is 0 Å². The zero-order valence-electron chi connectivity index (χ0n) is 16.9. The first-order chi connectivity index (χ1) is 14.0. The van der Waals surface area contributed by atoms with Gasteiger partial charge in [-0.15, -0.1) is 11.3 Å². The normalized spacial score (nSPS) is 15.3. The van der Waals surface area contributed by atoms with E-state index in [0.717, 1.165) is 42.2 Å². The van der Waals surface area contributed by atoms with Crippen LogP contribution in [0, 0.1) is 6.92 Å². The van der Waals surface area contributed by atoms with Gasteiger partial charge in [-0.3, -0.25) is 9.59 Å². The van der Waals surface area contributed by atoms with Crippen molar-refractivity contribution in [1.29, 1.82) is 0 Å². The fourth-order valence-electron chi connectivity index (χ4n) is 3.22. The average Bonchev–Trinajstić information content (AvgIpc) is 3.16. The zero-order valence-corrected chi connectivity index (χ0v) is 17.7. The van der Waals surface area contributed by atoms with Gasteiger partial charge in [0, 0.05) is 24.5 Å². The van der Waals surface area contributed by atoms with Crippen LogP contribution in [0.2, 0.25) is 0 Å². The molecular formula is C22H27N3O3S. The van der Waals surface area contributed by atoms with Crippen molar-refractivity contribution in [3.8, 4) is 5.75 Å². The van der Waals surface area contributed by atoms with Crippen LogP contribution in [0.15, 0.2) is 35.7 Å². The number of carbonyl (C=O) groups is 2. The third-order valence-corrected chi connectivity index (χ3v) is 5.56. The van der Waals surface area contributed by atoms with Crippen LogP contribution < -0.4 is 10.1 Å². The van der Waals surface area contributed by atoms with E-state index in [1.807, 2.05) is 41.5 Å². The van der Waals surface area contributed by atoms with Crippen LogP contribution in [0.5, 0.6) is 5.75 Å². The van der Waals surface area contributed by atoms with Crippen LogP contribution in [0.4, 0.5) is 0 Å². The van der Waals surface area contributed by atoms with Crippen LogP contribution in [-0.4, -0.2) is 40.8 Å². The minimum absolute atomic E-state index is 0.0147. The van der Waals surface area contributed by atoms with E-state index in [-0.39, 0.29) is 11.8 Å².